The standard InChI is InChI=1S/C27H35F3O3/c1-3-4-5-6-7-8-15-31-24-14-13-22(16-23(24)28)27-32-17-20(18-33-27)10-12-21-11-9-19(2)25(29)26(21)30/h9,11,13-14,16,20,27H,3-8,10,12,15,17-18H2,1-2H3. The van der Waals surface area contributed by atoms with Crippen molar-refractivity contribution in [3.8, 4) is 5.75 Å². The summed E-state index contributed by atoms with van der Waals surface area (Å²) in [5.41, 5.74) is 1.26. The van der Waals surface area contributed by atoms with E-state index in [0.717, 1.165) is 12.8 Å². The maximum Gasteiger partial charge on any atom is 0.183 e. The number of unbranched alkanes of at least 4 members (excludes halogenated alkanes) is 5. The number of ether oxygens (including phenoxy) is 3. The quantitative estimate of drug-likeness (QED) is 0.305. The van der Waals surface area contributed by atoms with Gasteiger partial charge < -0.3 is 14.2 Å². The van der Waals surface area contributed by atoms with Crippen LogP contribution in [0, 0.1) is 30.3 Å². The molecule has 1 heterocycles. The van der Waals surface area contributed by atoms with E-state index in [9.17, 15) is 13.2 Å². The Bertz CT molecular complexity index is 879. The summed E-state index contributed by atoms with van der Waals surface area (Å²) in [6, 6.07) is 7.99. The Balaban J connectivity index is 1.41. The topological polar surface area (TPSA) is 27.7 Å². The van der Waals surface area contributed by atoms with Crippen LogP contribution in [-0.2, 0) is 15.9 Å². The molecule has 2 aromatic rings. The summed E-state index contributed by atoms with van der Waals surface area (Å²) in [5.74, 6) is -1.68. The van der Waals surface area contributed by atoms with Crippen molar-refractivity contribution in [1.82, 2.24) is 0 Å². The molecule has 0 atom stereocenters. The monoisotopic (exact) mass is 464 g/mol. The van der Waals surface area contributed by atoms with E-state index in [1.165, 1.54) is 31.7 Å². The minimum Gasteiger partial charge on any atom is -0.491 e. The Hall–Kier alpha value is -2.05. The van der Waals surface area contributed by atoms with E-state index in [1.54, 1.807) is 31.2 Å². The zero-order valence-corrected chi connectivity index (χ0v) is 19.7. The van der Waals surface area contributed by atoms with Crippen molar-refractivity contribution >= 4 is 0 Å². The number of hydrogen-bond donors (Lipinski definition) is 0. The fourth-order valence-electron chi connectivity index (χ4n) is 3.99. The summed E-state index contributed by atoms with van der Waals surface area (Å²) in [4.78, 5) is 0. The van der Waals surface area contributed by atoms with Gasteiger partial charge in [-0.1, -0.05) is 57.2 Å². The van der Waals surface area contributed by atoms with E-state index in [0.29, 0.717) is 49.4 Å². The molecule has 1 fully saturated rings. The third-order valence-corrected chi connectivity index (χ3v) is 6.13. The second-order valence-electron chi connectivity index (χ2n) is 8.88. The van der Waals surface area contributed by atoms with Crippen LogP contribution in [0.1, 0.15) is 74.8 Å². The summed E-state index contributed by atoms with van der Waals surface area (Å²) in [7, 11) is 0. The van der Waals surface area contributed by atoms with Crippen LogP contribution in [0.3, 0.4) is 0 Å². The number of rotatable bonds is 12. The average molecular weight is 465 g/mol. The molecule has 0 spiro atoms. The van der Waals surface area contributed by atoms with Crippen molar-refractivity contribution in [1.29, 1.82) is 0 Å². The zero-order chi connectivity index (χ0) is 23.6. The van der Waals surface area contributed by atoms with Gasteiger partial charge in [-0.15, -0.1) is 0 Å². The molecule has 0 saturated carbocycles. The molecule has 3 nitrogen and oxygen atoms in total. The highest BCUT2D eigenvalue weighted by molar-refractivity contribution is 5.30. The van der Waals surface area contributed by atoms with Gasteiger partial charge in [0.1, 0.15) is 0 Å². The highest BCUT2D eigenvalue weighted by atomic mass is 19.2. The lowest BCUT2D eigenvalue weighted by Crippen LogP contribution is -2.27. The minimum atomic E-state index is -0.787. The number of halogens is 3. The molecule has 2 aromatic carbocycles. The van der Waals surface area contributed by atoms with Crippen LogP contribution in [0.4, 0.5) is 13.2 Å². The van der Waals surface area contributed by atoms with Crippen LogP contribution in [-0.4, -0.2) is 19.8 Å². The molecule has 3 rings (SSSR count). The van der Waals surface area contributed by atoms with Crippen molar-refractivity contribution < 1.29 is 27.4 Å². The van der Waals surface area contributed by atoms with Crippen molar-refractivity contribution in [2.24, 2.45) is 5.92 Å². The molecular weight excluding hydrogens is 429 g/mol. The molecule has 1 aliphatic heterocycles. The molecule has 6 heteroatoms. The fraction of sp³-hybridized carbons (Fsp3) is 0.556. The summed E-state index contributed by atoms with van der Waals surface area (Å²) < 4.78 is 59.4. The third kappa shape index (κ3) is 7.47. The fourth-order valence-corrected chi connectivity index (χ4v) is 3.99. The van der Waals surface area contributed by atoms with Gasteiger partial charge in [0.05, 0.1) is 19.8 Å². The van der Waals surface area contributed by atoms with Gasteiger partial charge in [0.15, 0.2) is 29.5 Å². The van der Waals surface area contributed by atoms with E-state index < -0.39 is 23.7 Å². The van der Waals surface area contributed by atoms with Gasteiger partial charge in [-0.3, -0.25) is 0 Å². The molecule has 0 radical (unpaired) electrons. The van der Waals surface area contributed by atoms with Gasteiger partial charge in [0.2, 0.25) is 0 Å². The average Bonchev–Trinajstić information content (AvgIpc) is 2.83. The van der Waals surface area contributed by atoms with Crippen LogP contribution in [0.5, 0.6) is 5.75 Å². The first-order chi connectivity index (χ1) is 16.0. The van der Waals surface area contributed by atoms with E-state index >= 15 is 0 Å². The van der Waals surface area contributed by atoms with Crippen LogP contribution in [0.15, 0.2) is 30.3 Å². The molecule has 33 heavy (non-hydrogen) atoms. The molecule has 0 aliphatic carbocycles. The first kappa shape index (κ1) is 25.6. The Kier molecular flexibility index (Phi) is 10.1. The lowest BCUT2D eigenvalue weighted by Gasteiger charge is -2.30. The van der Waals surface area contributed by atoms with Crippen molar-refractivity contribution in [3.05, 3.63) is 64.5 Å². The highest BCUT2D eigenvalue weighted by Gasteiger charge is 2.25. The molecule has 182 valence electrons. The molecule has 0 bridgehead atoms. The molecule has 1 aliphatic rings. The first-order valence-corrected chi connectivity index (χ1v) is 12.1. The van der Waals surface area contributed by atoms with Gasteiger partial charge in [-0.05, 0) is 49.4 Å². The van der Waals surface area contributed by atoms with Gasteiger partial charge in [-0.2, -0.15) is 0 Å². The van der Waals surface area contributed by atoms with E-state index in [1.807, 2.05) is 0 Å². The molecule has 0 amide bonds. The Labute approximate surface area is 195 Å². The lowest BCUT2D eigenvalue weighted by atomic mass is 9.98. The maximum absolute atomic E-state index is 14.5. The molecule has 1 saturated heterocycles. The lowest BCUT2D eigenvalue weighted by molar-refractivity contribution is -0.206. The normalized spacial score (nSPS) is 18.5. The molecule has 0 unspecified atom stereocenters. The third-order valence-electron chi connectivity index (χ3n) is 6.13. The second-order valence-corrected chi connectivity index (χ2v) is 8.88. The summed E-state index contributed by atoms with van der Waals surface area (Å²) in [6.07, 6.45) is 7.30. The van der Waals surface area contributed by atoms with E-state index in [2.05, 4.69) is 6.92 Å². The number of aryl methyl sites for hydroxylation is 2. The van der Waals surface area contributed by atoms with Gasteiger partial charge in [-0.25, -0.2) is 13.2 Å². The zero-order valence-electron chi connectivity index (χ0n) is 19.7. The predicted octanol–water partition coefficient (Wildman–Crippen LogP) is 7.45. The van der Waals surface area contributed by atoms with Gasteiger partial charge in [0, 0.05) is 11.5 Å². The molecule has 0 N–H and O–H groups in total. The van der Waals surface area contributed by atoms with Gasteiger partial charge in [0.25, 0.3) is 0 Å². The smallest absolute Gasteiger partial charge is 0.183 e. The van der Waals surface area contributed by atoms with E-state index in [-0.39, 0.29) is 11.7 Å². The van der Waals surface area contributed by atoms with Crippen molar-refractivity contribution in [2.75, 3.05) is 19.8 Å². The highest BCUT2D eigenvalue weighted by Crippen LogP contribution is 2.30. The van der Waals surface area contributed by atoms with Crippen LogP contribution < -0.4 is 4.74 Å². The first-order valence-electron chi connectivity index (χ1n) is 12.1. The SMILES string of the molecule is CCCCCCCCOc1ccc(C2OCC(CCc3ccc(C)c(F)c3F)CO2)cc1F. The number of benzene rings is 2. The summed E-state index contributed by atoms with van der Waals surface area (Å²) in [6.45, 7) is 5.07. The Morgan fingerprint density at radius 3 is 2.36 bits per heavy atom. The van der Waals surface area contributed by atoms with Gasteiger partial charge >= 0.3 is 0 Å². The summed E-state index contributed by atoms with van der Waals surface area (Å²) in [5, 5.41) is 0. The van der Waals surface area contributed by atoms with Crippen LogP contribution >= 0.6 is 0 Å². The maximum atomic E-state index is 14.5. The predicted molar refractivity (Wildman–Crippen MR) is 123 cm³/mol. The minimum absolute atomic E-state index is 0.0646. The largest absolute Gasteiger partial charge is 0.491 e. The van der Waals surface area contributed by atoms with Crippen molar-refractivity contribution in [3.63, 3.8) is 0 Å². The Morgan fingerprint density at radius 1 is 0.909 bits per heavy atom. The molecular formula is C27H35F3O3. The van der Waals surface area contributed by atoms with Crippen LogP contribution in [0.25, 0.3) is 0 Å². The second kappa shape index (κ2) is 13.0. The van der Waals surface area contributed by atoms with Crippen molar-refractivity contribution in [2.45, 2.75) is 71.5 Å². The van der Waals surface area contributed by atoms with Crippen LogP contribution in [0.2, 0.25) is 0 Å². The van der Waals surface area contributed by atoms with E-state index in [4.69, 9.17) is 14.2 Å². The summed E-state index contributed by atoms with van der Waals surface area (Å²) >= 11 is 0. The molecule has 0 aromatic heterocycles. The number of hydrogen-bond acceptors (Lipinski definition) is 3. The Morgan fingerprint density at radius 2 is 1.64 bits per heavy atom.